The van der Waals surface area contributed by atoms with Crippen LogP contribution < -0.4 is 4.74 Å². The standard InChI is InChI=1S/C11H6BrF3N2O/c12-7-2-1-3-8(6-7)18-10-16-5-4-9(17-10)11(13,14)15/h1-6H. The second-order valence-electron chi connectivity index (χ2n) is 3.28. The number of aromatic nitrogens is 2. The van der Waals surface area contributed by atoms with E-state index in [9.17, 15) is 13.2 Å². The number of ether oxygens (including phenoxy) is 1. The molecule has 1 heterocycles. The molecule has 0 unspecified atom stereocenters. The van der Waals surface area contributed by atoms with Crippen molar-refractivity contribution in [3.05, 3.63) is 46.7 Å². The summed E-state index contributed by atoms with van der Waals surface area (Å²) in [5, 5.41) is 0. The smallest absolute Gasteiger partial charge is 0.424 e. The zero-order valence-electron chi connectivity index (χ0n) is 8.78. The average Bonchev–Trinajstić information content (AvgIpc) is 2.28. The van der Waals surface area contributed by atoms with Crippen LogP contribution in [0.5, 0.6) is 11.8 Å². The molecule has 2 aromatic rings. The van der Waals surface area contributed by atoms with Crippen LogP contribution in [0.3, 0.4) is 0 Å². The first-order valence-corrected chi connectivity index (χ1v) is 5.58. The molecule has 2 rings (SSSR count). The lowest BCUT2D eigenvalue weighted by molar-refractivity contribution is -0.141. The number of halogens is 4. The first kappa shape index (κ1) is 12.8. The fraction of sp³-hybridized carbons (Fsp3) is 0.0909. The van der Waals surface area contributed by atoms with E-state index in [1.807, 2.05) is 0 Å². The number of rotatable bonds is 2. The highest BCUT2D eigenvalue weighted by atomic mass is 79.9. The Morgan fingerprint density at radius 2 is 1.94 bits per heavy atom. The molecular formula is C11H6BrF3N2O. The van der Waals surface area contributed by atoms with E-state index in [2.05, 4.69) is 25.9 Å². The average molecular weight is 319 g/mol. The summed E-state index contributed by atoms with van der Waals surface area (Å²) in [6, 6.07) is 7.08. The van der Waals surface area contributed by atoms with Gasteiger partial charge in [-0.3, -0.25) is 0 Å². The Morgan fingerprint density at radius 1 is 1.17 bits per heavy atom. The van der Waals surface area contributed by atoms with Gasteiger partial charge in [-0.25, -0.2) is 4.98 Å². The van der Waals surface area contributed by atoms with Crippen molar-refractivity contribution in [1.82, 2.24) is 9.97 Å². The largest absolute Gasteiger partial charge is 0.433 e. The molecule has 0 atom stereocenters. The molecule has 18 heavy (non-hydrogen) atoms. The minimum Gasteiger partial charge on any atom is -0.424 e. The molecule has 7 heteroatoms. The number of alkyl halides is 3. The van der Waals surface area contributed by atoms with Crippen molar-refractivity contribution in [1.29, 1.82) is 0 Å². The molecule has 0 saturated heterocycles. The quantitative estimate of drug-likeness (QED) is 0.837. The van der Waals surface area contributed by atoms with Crippen LogP contribution in [0, 0.1) is 0 Å². The van der Waals surface area contributed by atoms with Gasteiger partial charge in [0.1, 0.15) is 5.75 Å². The lowest BCUT2D eigenvalue weighted by Crippen LogP contribution is -2.08. The lowest BCUT2D eigenvalue weighted by Gasteiger charge is -2.07. The third-order valence-corrected chi connectivity index (χ3v) is 2.42. The Labute approximate surface area is 109 Å². The van der Waals surface area contributed by atoms with Crippen molar-refractivity contribution in [3.8, 4) is 11.8 Å². The highest BCUT2D eigenvalue weighted by Gasteiger charge is 2.33. The van der Waals surface area contributed by atoms with Crippen molar-refractivity contribution in [2.45, 2.75) is 6.18 Å². The Morgan fingerprint density at radius 3 is 2.61 bits per heavy atom. The maximum absolute atomic E-state index is 12.4. The first-order chi connectivity index (χ1) is 8.45. The fourth-order valence-electron chi connectivity index (χ4n) is 1.18. The van der Waals surface area contributed by atoms with Gasteiger partial charge in [0.05, 0.1) is 0 Å². The van der Waals surface area contributed by atoms with Gasteiger partial charge >= 0.3 is 12.2 Å². The van der Waals surface area contributed by atoms with Crippen LogP contribution >= 0.6 is 15.9 Å². The highest BCUT2D eigenvalue weighted by Crippen LogP contribution is 2.29. The third kappa shape index (κ3) is 3.19. The molecule has 0 radical (unpaired) electrons. The predicted octanol–water partition coefficient (Wildman–Crippen LogP) is 4.05. The van der Waals surface area contributed by atoms with Crippen LogP contribution in [0.2, 0.25) is 0 Å². The Balaban J connectivity index is 2.25. The fourth-order valence-corrected chi connectivity index (χ4v) is 1.56. The van der Waals surface area contributed by atoms with Crippen LogP contribution in [-0.2, 0) is 6.18 Å². The van der Waals surface area contributed by atoms with Crippen LogP contribution in [0.4, 0.5) is 13.2 Å². The SMILES string of the molecule is FC(F)(F)c1ccnc(Oc2cccc(Br)c2)n1. The summed E-state index contributed by atoms with van der Waals surface area (Å²) in [5.74, 6) is 0.351. The van der Waals surface area contributed by atoms with Crippen molar-refractivity contribution in [3.63, 3.8) is 0 Å². The number of nitrogens with zero attached hydrogens (tertiary/aromatic N) is 2. The van der Waals surface area contributed by atoms with E-state index in [0.29, 0.717) is 5.75 Å². The van der Waals surface area contributed by atoms with Crippen LogP contribution in [0.25, 0.3) is 0 Å². The minimum absolute atomic E-state index is 0.345. The van der Waals surface area contributed by atoms with Crippen molar-refractivity contribution >= 4 is 15.9 Å². The highest BCUT2D eigenvalue weighted by molar-refractivity contribution is 9.10. The Bertz CT molecular complexity index is 560. The third-order valence-electron chi connectivity index (χ3n) is 1.93. The van der Waals surface area contributed by atoms with Gasteiger partial charge in [0.25, 0.3) is 0 Å². The molecule has 0 spiro atoms. The van der Waals surface area contributed by atoms with Gasteiger partial charge in [0.15, 0.2) is 5.69 Å². The number of benzene rings is 1. The molecule has 0 aliphatic carbocycles. The molecule has 0 N–H and O–H groups in total. The van der Waals surface area contributed by atoms with E-state index in [1.165, 1.54) is 0 Å². The lowest BCUT2D eigenvalue weighted by atomic mass is 10.3. The van der Waals surface area contributed by atoms with Crippen molar-refractivity contribution in [2.24, 2.45) is 0 Å². The maximum atomic E-state index is 12.4. The number of hydrogen-bond acceptors (Lipinski definition) is 3. The molecular weight excluding hydrogens is 313 g/mol. The molecule has 0 aliphatic rings. The topological polar surface area (TPSA) is 35.0 Å². The van der Waals surface area contributed by atoms with Gasteiger partial charge in [0.2, 0.25) is 0 Å². The summed E-state index contributed by atoms with van der Waals surface area (Å²) in [4.78, 5) is 6.92. The first-order valence-electron chi connectivity index (χ1n) is 4.79. The molecule has 1 aromatic carbocycles. The molecule has 0 bridgehead atoms. The maximum Gasteiger partial charge on any atom is 0.433 e. The summed E-state index contributed by atoms with van der Waals surface area (Å²) < 4.78 is 43.1. The number of hydrogen-bond donors (Lipinski definition) is 0. The van der Waals surface area contributed by atoms with E-state index in [0.717, 1.165) is 16.7 Å². The van der Waals surface area contributed by atoms with Gasteiger partial charge in [0, 0.05) is 10.7 Å². The Hall–Kier alpha value is -1.63. The zero-order chi connectivity index (χ0) is 13.2. The van der Waals surface area contributed by atoms with Crippen molar-refractivity contribution < 1.29 is 17.9 Å². The van der Waals surface area contributed by atoms with E-state index in [4.69, 9.17) is 4.74 Å². The summed E-state index contributed by atoms with van der Waals surface area (Å²) >= 11 is 3.22. The molecule has 3 nitrogen and oxygen atoms in total. The van der Waals surface area contributed by atoms with Crippen LogP contribution in [0.15, 0.2) is 41.0 Å². The van der Waals surface area contributed by atoms with E-state index in [-0.39, 0.29) is 6.01 Å². The molecule has 0 amide bonds. The van der Waals surface area contributed by atoms with Gasteiger partial charge in [-0.2, -0.15) is 18.2 Å². The molecule has 94 valence electrons. The second kappa shape index (κ2) is 4.93. The summed E-state index contributed by atoms with van der Waals surface area (Å²) in [7, 11) is 0. The minimum atomic E-state index is -4.52. The summed E-state index contributed by atoms with van der Waals surface area (Å²) in [5.41, 5.74) is -1.04. The molecule has 0 aliphatic heterocycles. The molecule has 0 saturated carbocycles. The molecule has 0 fully saturated rings. The van der Waals surface area contributed by atoms with Gasteiger partial charge in [-0.05, 0) is 24.3 Å². The normalized spacial score (nSPS) is 11.3. The van der Waals surface area contributed by atoms with Gasteiger partial charge in [-0.15, -0.1) is 0 Å². The van der Waals surface area contributed by atoms with Crippen LogP contribution in [-0.4, -0.2) is 9.97 Å². The zero-order valence-corrected chi connectivity index (χ0v) is 10.4. The van der Waals surface area contributed by atoms with E-state index in [1.54, 1.807) is 24.3 Å². The monoisotopic (exact) mass is 318 g/mol. The predicted molar refractivity (Wildman–Crippen MR) is 61.3 cm³/mol. The van der Waals surface area contributed by atoms with Gasteiger partial charge < -0.3 is 4.74 Å². The second-order valence-corrected chi connectivity index (χ2v) is 4.20. The summed E-state index contributed by atoms with van der Waals surface area (Å²) in [6.07, 6.45) is -3.51. The summed E-state index contributed by atoms with van der Waals surface area (Å²) in [6.45, 7) is 0. The van der Waals surface area contributed by atoms with Gasteiger partial charge in [-0.1, -0.05) is 22.0 Å². The van der Waals surface area contributed by atoms with E-state index < -0.39 is 11.9 Å². The van der Waals surface area contributed by atoms with E-state index >= 15 is 0 Å². The molecule has 1 aromatic heterocycles. The Kier molecular flexibility index (Phi) is 3.51. The van der Waals surface area contributed by atoms with Crippen molar-refractivity contribution in [2.75, 3.05) is 0 Å². The van der Waals surface area contributed by atoms with Crippen LogP contribution in [0.1, 0.15) is 5.69 Å².